The molecule has 86 valence electrons. The van der Waals surface area contributed by atoms with Gasteiger partial charge in [-0.25, -0.2) is 0 Å². The number of likely N-dealkylation sites (tertiary alicyclic amines) is 1. The Balaban J connectivity index is 1.84. The van der Waals surface area contributed by atoms with Crippen molar-refractivity contribution in [2.45, 2.75) is 33.1 Å². The highest BCUT2D eigenvalue weighted by Crippen LogP contribution is 2.52. The van der Waals surface area contributed by atoms with Crippen molar-refractivity contribution in [1.82, 2.24) is 4.90 Å². The molecule has 2 rings (SSSR count). The zero-order chi connectivity index (χ0) is 11.1. The first kappa shape index (κ1) is 11.3. The zero-order valence-corrected chi connectivity index (χ0v) is 10.4. The van der Waals surface area contributed by atoms with Crippen molar-refractivity contribution in [3.8, 4) is 0 Å². The van der Waals surface area contributed by atoms with Crippen LogP contribution in [-0.4, -0.2) is 29.8 Å². The number of carbonyl (C=O) groups excluding carboxylic acids is 1. The van der Waals surface area contributed by atoms with Crippen molar-refractivity contribution in [1.29, 1.82) is 0 Å². The van der Waals surface area contributed by atoms with E-state index in [-0.39, 0.29) is 5.41 Å². The second-order valence-electron chi connectivity index (χ2n) is 5.66. The van der Waals surface area contributed by atoms with Crippen LogP contribution in [-0.2, 0) is 4.79 Å². The molecule has 0 bridgehead atoms. The summed E-state index contributed by atoms with van der Waals surface area (Å²) in [5, 5.41) is 0. The van der Waals surface area contributed by atoms with Gasteiger partial charge in [0.1, 0.15) is 0 Å². The lowest BCUT2D eigenvalue weighted by molar-refractivity contribution is -0.132. The molecule has 0 spiro atoms. The minimum atomic E-state index is 0.266. The van der Waals surface area contributed by atoms with Crippen LogP contribution >= 0.6 is 11.6 Å². The molecule has 0 N–H and O–H groups in total. The lowest BCUT2D eigenvalue weighted by Gasteiger charge is -2.17. The molecule has 1 amide bonds. The molecule has 3 heteroatoms. The molecule has 2 unspecified atom stereocenters. The molecule has 2 fully saturated rings. The normalized spacial score (nSPS) is 33.1. The first-order chi connectivity index (χ1) is 7.04. The number of halogens is 1. The molecule has 0 aromatic carbocycles. The molecule has 1 heterocycles. The van der Waals surface area contributed by atoms with Crippen LogP contribution in [0, 0.1) is 17.3 Å². The van der Waals surface area contributed by atoms with E-state index in [4.69, 9.17) is 11.6 Å². The van der Waals surface area contributed by atoms with Crippen molar-refractivity contribution in [3.63, 3.8) is 0 Å². The molecule has 2 aliphatic rings. The molecular formula is C12H20ClNO. The quantitative estimate of drug-likeness (QED) is 0.681. The summed E-state index contributed by atoms with van der Waals surface area (Å²) in [5.41, 5.74) is 0.266. The first-order valence-corrected chi connectivity index (χ1v) is 6.43. The van der Waals surface area contributed by atoms with Gasteiger partial charge in [0.25, 0.3) is 0 Å². The maximum Gasteiger partial charge on any atom is 0.226 e. The van der Waals surface area contributed by atoms with Gasteiger partial charge in [0.15, 0.2) is 0 Å². The SMILES string of the molecule is CC1(C)CC1C(=O)N1CCC(CCCl)C1. The third-order valence-electron chi connectivity index (χ3n) is 3.93. The number of nitrogens with zero attached hydrogens (tertiary/aromatic N) is 1. The van der Waals surface area contributed by atoms with Gasteiger partial charge < -0.3 is 4.90 Å². The highest BCUT2D eigenvalue weighted by atomic mass is 35.5. The Morgan fingerprint density at radius 2 is 2.20 bits per heavy atom. The molecular weight excluding hydrogens is 210 g/mol. The van der Waals surface area contributed by atoms with E-state index in [0.29, 0.717) is 17.7 Å². The maximum absolute atomic E-state index is 12.1. The van der Waals surface area contributed by atoms with Crippen molar-refractivity contribution in [2.75, 3.05) is 19.0 Å². The van der Waals surface area contributed by atoms with Crippen molar-refractivity contribution in [3.05, 3.63) is 0 Å². The highest BCUT2D eigenvalue weighted by molar-refractivity contribution is 6.17. The molecule has 1 aliphatic carbocycles. The van der Waals surface area contributed by atoms with Gasteiger partial charge in [-0.2, -0.15) is 0 Å². The molecule has 0 aromatic heterocycles. The summed E-state index contributed by atoms with van der Waals surface area (Å²) < 4.78 is 0. The van der Waals surface area contributed by atoms with Crippen molar-refractivity contribution >= 4 is 17.5 Å². The molecule has 1 saturated carbocycles. The Morgan fingerprint density at radius 3 is 2.73 bits per heavy atom. The topological polar surface area (TPSA) is 20.3 Å². The lowest BCUT2D eigenvalue weighted by Crippen LogP contribution is -2.31. The van der Waals surface area contributed by atoms with Crippen LogP contribution in [0.1, 0.15) is 33.1 Å². The van der Waals surface area contributed by atoms with Crippen molar-refractivity contribution < 1.29 is 4.79 Å². The summed E-state index contributed by atoms with van der Waals surface area (Å²) in [6, 6.07) is 0. The number of amides is 1. The largest absolute Gasteiger partial charge is 0.342 e. The fourth-order valence-electron chi connectivity index (χ4n) is 2.53. The molecule has 2 nitrogen and oxygen atoms in total. The van der Waals surface area contributed by atoms with E-state index in [2.05, 4.69) is 18.7 Å². The second-order valence-corrected chi connectivity index (χ2v) is 6.04. The number of carbonyl (C=O) groups is 1. The van der Waals surface area contributed by atoms with E-state index in [9.17, 15) is 4.79 Å². The second kappa shape index (κ2) is 3.97. The van der Waals surface area contributed by atoms with Crippen LogP contribution in [0.25, 0.3) is 0 Å². The molecule has 2 atom stereocenters. The third kappa shape index (κ3) is 2.30. The van der Waals surface area contributed by atoms with Gasteiger partial charge in [0, 0.05) is 24.9 Å². The van der Waals surface area contributed by atoms with Crippen LogP contribution in [0.2, 0.25) is 0 Å². The lowest BCUT2D eigenvalue weighted by atomic mass is 10.1. The summed E-state index contributed by atoms with van der Waals surface area (Å²) in [4.78, 5) is 14.1. The summed E-state index contributed by atoms with van der Waals surface area (Å²) in [6.07, 6.45) is 3.27. The van der Waals surface area contributed by atoms with Crippen LogP contribution in [0.3, 0.4) is 0 Å². The monoisotopic (exact) mass is 229 g/mol. The predicted molar refractivity (Wildman–Crippen MR) is 61.9 cm³/mol. The van der Waals surface area contributed by atoms with Gasteiger partial charge in [-0.05, 0) is 30.6 Å². The Kier molecular flexibility index (Phi) is 2.98. The van der Waals surface area contributed by atoms with Gasteiger partial charge in [0.2, 0.25) is 5.91 Å². The number of rotatable bonds is 3. The van der Waals surface area contributed by atoms with Gasteiger partial charge in [-0.3, -0.25) is 4.79 Å². The van der Waals surface area contributed by atoms with E-state index >= 15 is 0 Å². The summed E-state index contributed by atoms with van der Waals surface area (Å²) in [6.45, 7) is 6.26. The van der Waals surface area contributed by atoms with E-state index in [1.165, 1.54) is 0 Å². The summed E-state index contributed by atoms with van der Waals surface area (Å²) >= 11 is 5.73. The first-order valence-electron chi connectivity index (χ1n) is 5.89. The summed E-state index contributed by atoms with van der Waals surface area (Å²) in [7, 11) is 0. The average Bonchev–Trinajstić information content (AvgIpc) is 2.64. The van der Waals surface area contributed by atoms with E-state index < -0.39 is 0 Å². The Bertz CT molecular complexity index is 264. The minimum Gasteiger partial charge on any atom is -0.342 e. The van der Waals surface area contributed by atoms with Crippen LogP contribution in [0.4, 0.5) is 0 Å². The molecule has 0 radical (unpaired) electrons. The predicted octanol–water partition coefficient (Wildman–Crippen LogP) is 2.51. The van der Waals surface area contributed by atoms with E-state index in [1.54, 1.807) is 0 Å². The van der Waals surface area contributed by atoms with Gasteiger partial charge >= 0.3 is 0 Å². The third-order valence-corrected chi connectivity index (χ3v) is 4.14. The van der Waals surface area contributed by atoms with Gasteiger partial charge in [-0.15, -0.1) is 11.6 Å². The van der Waals surface area contributed by atoms with Crippen LogP contribution in [0.5, 0.6) is 0 Å². The zero-order valence-electron chi connectivity index (χ0n) is 9.63. The number of hydrogen-bond donors (Lipinski definition) is 0. The smallest absolute Gasteiger partial charge is 0.226 e. The number of alkyl halides is 1. The minimum absolute atomic E-state index is 0.266. The van der Waals surface area contributed by atoms with Gasteiger partial charge in [0.05, 0.1) is 0 Å². The maximum atomic E-state index is 12.1. The highest BCUT2D eigenvalue weighted by Gasteiger charge is 2.52. The van der Waals surface area contributed by atoms with Crippen LogP contribution in [0.15, 0.2) is 0 Å². The number of hydrogen-bond acceptors (Lipinski definition) is 1. The Hall–Kier alpha value is -0.240. The molecule has 1 aliphatic heterocycles. The van der Waals surface area contributed by atoms with E-state index in [1.807, 2.05) is 0 Å². The Morgan fingerprint density at radius 1 is 1.53 bits per heavy atom. The standard InChI is InChI=1S/C12H20ClNO/c1-12(2)7-10(12)11(15)14-6-4-9(8-14)3-5-13/h9-10H,3-8H2,1-2H3. The molecule has 15 heavy (non-hydrogen) atoms. The Labute approximate surface area is 97.0 Å². The average molecular weight is 230 g/mol. The molecule has 1 saturated heterocycles. The van der Waals surface area contributed by atoms with Gasteiger partial charge in [-0.1, -0.05) is 13.8 Å². The fourth-order valence-corrected chi connectivity index (χ4v) is 2.84. The molecule has 0 aromatic rings. The summed E-state index contributed by atoms with van der Waals surface area (Å²) in [5.74, 6) is 2.05. The van der Waals surface area contributed by atoms with Crippen LogP contribution < -0.4 is 0 Å². The van der Waals surface area contributed by atoms with E-state index in [0.717, 1.165) is 38.2 Å². The fraction of sp³-hybridized carbons (Fsp3) is 0.917. The van der Waals surface area contributed by atoms with Crippen molar-refractivity contribution in [2.24, 2.45) is 17.3 Å².